The van der Waals surface area contributed by atoms with Crippen molar-refractivity contribution in [3.05, 3.63) is 28.0 Å². The Morgan fingerprint density at radius 1 is 1.47 bits per heavy atom. The lowest BCUT2D eigenvalue weighted by Crippen LogP contribution is -2.06. The molecule has 6 nitrogen and oxygen atoms in total. The van der Waals surface area contributed by atoms with Crippen molar-refractivity contribution >= 4 is 5.82 Å². The van der Waals surface area contributed by atoms with Gasteiger partial charge in [-0.1, -0.05) is 0 Å². The highest BCUT2D eigenvalue weighted by molar-refractivity contribution is 5.64. The number of anilines is 1. The molecule has 0 unspecified atom stereocenters. The number of H-pyrrole nitrogens is 1. The van der Waals surface area contributed by atoms with Crippen LogP contribution < -0.4 is 11.3 Å². The molecule has 0 saturated carbocycles. The topological polar surface area (TPSA) is 89.6 Å². The van der Waals surface area contributed by atoms with Gasteiger partial charge in [0.2, 0.25) is 0 Å². The Hall–Kier alpha value is -2.11. The third-order valence-corrected chi connectivity index (χ3v) is 2.26. The van der Waals surface area contributed by atoms with Crippen LogP contribution in [0, 0.1) is 6.92 Å². The van der Waals surface area contributed by atoms with Gasteiger partial charge in [-0.15, -0.1) is 0 Å². The molecule has 3 N–H and O–H groups in total. The average Bonchev–Trinajstić information content (AvgIpc) is 2.47. The third kappa shape index (κ3) is 1.50. The molecule has 2 heterocycles. The second kappa shape index (κ2) is 3.23. The van der Waals surface area contributed by atoms with Crippen LogP contribution in [-0.4, -0.2) is 20.0 Å². The van der Waals surface area contributed by atoms with Crippen molar-refractivity contribution in [1.82, 2.24) is 20.0 Å². The van der Waals surface area contributed by atoms with E-state index in [0.29, 0.717) is 17.2 Å². The van der Waals surface area contributed by atoms with Gasteiger partial charge in [0.15, 0.2) is 0 Å². The number of aryl methyl sites for hydroxylation is 1. The highest BCUT2D eigenvalue weighted by atomic mass is 16.1. The number of nitrogens with zero attached hydrogens (tertiary/aromatic N) is 3. The zero-order valence-electron chi connectivity index (χ0n) is 8.48. The molecule has 0 radical (unpaired) electrons. The van der Waals surface area contributed by atoms with Gasteiger partial charge < -0.3 is 5.73 Å². The van der Waals surface area contributed by atoms with Gasteiger partial charge in [-0.05, 0) is 13.0 Å². The molecule has 0 saturated heterocycles. The lowest BCUT2D eigenvalue weighted by molar-refractivity contribution is 0.779. The SMILES string of the molecule is Cc1c(-c2ccc(=O)[nH]n2)nn(C)c1N. The summed E-state index contributed by atoms with van der Waals surface area (Å²) < 4.78 is 1.58. The first-order chi connectivity index (χ1) is 7.09. The minimum absolute atomic E-state index is 0.236. The zero-order chi connectivity index (χ0) is 11.0. The summed E-state index contributed by atoms with van der Waals surface area (Å²) in [6.45, 7) is 1.87. The summed E-state index contributed by atoms with van der Waals surface area (Å²) in [7, 11) is 1.76. The Balaban J connectivity index is 2.59. The fourth-order valence-corrected chi connectivity index (χ4v) is 1.36. The largest absolute Gasteiger partial charge is 0.384 e. The van der Waals surface area contributed by atoms with E-state index in [9.17, 15) is 4.79 Å². The second-order valence-corrected chi connectivity index (χ2v) is 3.29. The predicted octanol–water partition coefficient (Wildman–Crippen LogP) is 0.0610. The molecule has 0 aromatic carbocycles. The quantitative estimate of drug-likeness (QED) is 0.689. The first kappa shape index (κ1) is 9.45. The van der Waals surface area contributed by atoms with Crippen molar-refractivity contribution in [2.45, 2.75) is 6.92 Å². The number of nitrogens with one attached hydrogen (secondary N) is 1. The van der Waals surface area contributed by atoms with Crippen LogP contribution in [-0.2, 0) is 7.05 Å². The molecular weight excluding hydrogens is 194 g/mol. The van der Waals surface area contributed by atoms with Crippen molar-refractivity contribution in [3.8, 4) is 11.4 Å². The normalized spacial score (nSPS) is 10.5. The summed E-state index contributed by atoms with van der Waals surface area (Å²) in [5.41, 5.74) is 7.69. The van der Waals surface area contributed by atoms with Gasteiger partial charge in [-0.25, -0.2) is 5.10 Å². The van der Waals surface area contributed by atoms with Gasteiger partial charge in [-0.2, -0.15) is 10.2 Å². The van der Waals surface area contributed by atoms with Crippen LogP contribution in [0.25, 0.3) is 11.4 Å². The molecule has 15 heavy (non-hydrogen) atoms. The van der Waals surface area contributed by atoms with Crippen LogP contribution in [0.5, 0.6) is 0 Å². The summed E-state index contributed by atoms with van der Waals surface area (Å²) in [6.07, 6.45) is 0. The van der Waals surface area contributed by atoms with E-state index in [0.717, 1.165) is 5.56 Å². The van der Waals surface area contributed by atoms with Crippen molar-refractivity contribution in [2.24, 2.45) is 7.05 Å². The van der Waals surface area contributed by atoms with Gasteiger partial charge in [0, 0.05) is 18.7 Å². The minimum Gasteiger partial charge on any atom is -0.384 e. The molecular formula is C9H11N5O. The Kier molecular flexibility index (Phi) is 2.03. The van der Waals surface area contributed by atoms with Crippen molar-refractivity contribution < 1.29 is 0 Å². The van der Waals surface area contributed by atoms with Gasteiger partial charge in [0.1, 0.15) is 17.2 Å². The van der Waals surface area contributed by atoms with Crippen LogP contribution in [0.4, 0.5) is 5.82 Å². The van der Waals surface area contributed by atoms with Crippen molar-refractivity contribution in [3.63, 3.8) is 0 Å². The molecule has 0 amide bonds. The van der Waals surface area contributed by atoms with Crippen molar-refractivity contribution in [1.29, 1.82) is 0 Å². The number of hydrogen-bond acceptors (Lipinski definition) is 4. The van der Waals surface area contributed by atoms with Gasteiger partial charge in [-0.3, -0.25) is 9.48 Å². The lowest BCUT2D eigenvalue weighted by Gasteiger charge is -1.95. The molecule has 0 bridgehead atoms. The number of aromatic nitrogens is 4. The molecule has 0 aliphatic carbocycles. The Labute approximate surface area is 85.7 Å². The highest BCUT2D eigenvalue weighted by Crippen LogP contribution is 2.22. The summed E-state index contributed by atoms with van der Waals surface area (Å²) in [5, 5.41) is 10.5. The number of aromatic amines is 1. The number of nitrogen functional groups attached to an aromatic ring is 1. The molecule has 0 spiro atoms. The van der Waals surface area contributed by atoms with E-state index in [1.165, 1.54) is 6.07 Å². The van der Waals surface area contributed by atoms with Crippen molar-refractivity contribution in [2.75, 3.05) is 5.73 Å². The molecule has 0 aliphatic heterocycles. The van der Waals surface area contributed by atoms with E-state index < -0.39 is 0 Å². The number of rotatable bonds is 1. The summed E-state index contributed by atoms with van der Waals surface area (Å²) in [6, 6.07) is 3.03. The Bertz CT molecular complexity index is 534. The first-order valence-corrected chi connectivity index (χ1v) is 4.45. The van der Waals surface area contributed by atoms with Crippen LogP contribution in [0.2, 0.25) is 0 Å². The van der Waals surface area contributed by atoms with E-state index in [1.54, 1.807) is 17.8 Å². The highest BCUT2D eigenvalue weighted by Gasteiger charge is 2.12. The van der Waals surface area contributed by atoms with Crippen LogP contribution in [0.15, 0.2) is 16.9 Å². The molecule has 0 atom stereocenters. The van der Waals surface area contributed by atoms with Gasteiger partial charge in [0.05, 0.1) is 0 Å². The maximum absolute atomic E-state index is 10.8. The number of nitrogens with two attached hydrogens (primary N) is 1. The summed E-state index contributed by atoms with van der Waals surface area (Å²) in [5.74, 6) is 0.595. The predicted molar refractivity (Wildman–Crippen MR) is 56.2 cm³/mol. The van der Waals surface area contributed by atoms with E-state index in [1.807, 2.05) is 6.92 Å². The van der Waals surface area contributed by atoms with E-state index in [-0.39, 0.29) is 5.56 Å². The van der Waals surface area contributed by atoms with Gasteiger partial charge in [0.25, 0.3) is 5.56 Å². The Morgan fingerprint density at radius 2 is 2.20 bits per heavy atom. The summed E-state index contributed by atoms with van der Waals surface area (Å²) >= 11 is 0. The average molecular weight is 205 g/mol. The standard InChI is InChI=1S/C9H11N5O/c1-5-8(13-14(2)9(5)10)6-3-4-7(15)12-11-6/h3-4H,10H2,1-2H3,(H,12,15). The summed E-state index contributed by atoms with van der Waals surface area (Å²) in [4.78, 5) is 10.8. The van der Waals surface area contributed by atoms with Gasteiger partial charge >= 0.3 is 0 Å². The Morgan fingerprint density at radius 3 is 2.67 bits per heavy atom. The smallest absolute Gasteiger partial charge is 0.264 e. The fraction of sp³-hybridized carbons (Fsp3) is 0.222. The molecule has 78 valence electrons. The maximum atomic E-state index is 10.8. The monoisotopic (exact) mass is 205 g/mol. The molecule has 2 aromatic heterocycles. The van der Waals surface area contributed by atoms with E-state index in [4.69, 9.17) is 5.73 Å². The third-order valence-electron chi connectivity index (χ3n) is 2.26. The van der Waals surface area contributed by atoms with Crippen LogP contribution in [0.3, 0.4) is 0 Å². The maximum Gasteiger partial charge on any atom is 0.264 e. The fourth-order valence-electron chi connectivity index (χ4n) is 1.36. The first-order valence-electron chi connectivity index (χ1n) is 4.45. The number of hydrogen-bond donors (Lipinski definition) is 2. The minimum atomic E-state index is -0.236. The molecule has 2 rings (SSSR count). The molecule has 0 aliphatic rings. The lowest BCUT2D eigenvalue weighted by atomic mass is 10.2. The second-order valence-electron chi connectivity index (χ2n) is 3.29. The molecule has 6 heteroatoms. The van der Waals surface area contributed by atoms with Crippen LogP contribution in [0.1, 0.15) is 5.56 Å². The van der Waals surface area contributed by atoms with Crippen LogP contribution >= 0.6 is 0 Å². The molecule has 2 aromatic rings. The zero-order valence-corrected chi connectivity index (χ0v) is 8.48. The van der Waals surface area contributed by atoms with E-state index in [2.05, 4.69) is 15.3 Å². The van der Waals surface area contributed by atoms with E-state index >= 15 is 0 Å². The molecule has 0 fully saturated rings.